The number of hydrogen-bond donors (Lipinski definition) is 0. The van der Waals surface area contributed by atoms with Gasteiger partial charge in [0.05, 0.1) is 19.3 Å². The molecule has 128 valence electrons. The fraction of sp³-hybridized carbons (Fsp3) is 0.381. The molecule has 1 atom stereocenters. The fourth-order valence-corrected chi connectivity index (χ4v) is 2.73. The first kappa shape index (κ1) is 18.1. The standard InChI is InChI=1S/C21H26O3/c1-4-24-21(22)19-12-10-18(11-13-19)16(2)6-5-7-17-8-14-20(23-3)15-9-17/h8-16H,4-7H2,1-3H3/t16-/m1/s1. The van der Waals surface area contributed by atoms with Crippen molar-refractivity contribution in [1.82, 2.24) is 0 Å². The number of carbonyl (C=O) groups is 1. The van der Waals surface area contributed by atoms with Crippen molar-refractivity contribution in [3.63, 3.8) is 0 Å². The van der Waals surface area contributed by atoms with Crippen LogP contribution in [0.25, 0.3) is 0 Å². The Hall–Kier alpha value is -2.29. The molecule has 0 unspecified atom stereocenters. The number of benzene rings is 2. The summed E-state index contributed by atoms with van der Waals surface area (Å²) in [4.78, 5) is 11.7. The Morgan fingerprint density at radius 1 is 1.04 bits per heavy atom. The summed E-state index contributed by atoms with van der Waals surface area (Å²) in [5.41, 5.74) is 3.21. The zero-order valence-electron chi connectivity index (χ0n) is 14.7. The highest BCUT2D eigenvalue weighted by molar-refractivity contribution is 5.89. The van der Waals surface area contributed by atoms with Crippen LogP contribution < -0.4 is 4.74 Å². The highest BCUT2D eigenvalue weighted by atomic mass is 16.5. The quantitative estimate of drug-likeness (QED) is 0.641. The highest BCUT2D eigenvalue weighted by Gasteiger charge is 2.09. The molecule has 0 radical (unpaired) electrons. The SMILES string of the molecule is CCOC(=O)c1ccc([C@H](C)CCCc2ccc(OC)cc2)cc1. The zero-order valence-corrected chi connectivity index (χ0v) is 14.7. The Balaban J connectivity index is 1.83. The number of methoxy groups -OCH3 is 1. The monoisotopic (exact) mass is 326 g/mol. The zero-order chi connectivity index (χ0) is 17.4. The van der Waals surface area contributed by atoms with Crippen molar-refractivity contribution in [2.45, 2.75) is 39.0 Å². The Morgan fingerprint density at radius 3 is 2.29 bits per heavy atom. The third kappa shape index (κ3) is 5.12. The maximum absolute atomic E-state index is 11.7. The molecule has 0 aliphatic carbocycles. The number of aryl methyl sites for hydroxylation is 1. The summed E-state index contributed by atoms with van der Waals surface area (Å²) in [6, 6.07) is 16.0. The average Bonchev–Trinajstić information content (AvgIpc) is 2.62. The largest absolute Gasteiger partial charge is 0.497 e. The average molecular weight is 326 g/mol. The second-order valence-electron chi connectivity index (χ2n) is 5.98. The van der Waals surface area contributed by atoms with Gasteiger partial charge >= 0.3 is 5.97 Å². The molecule has 2 rings (SSSR count). The van der Waals surface area contributed by atoms with E-state index in [1.807, 2.05) is 43.3 Å². The Bertz CT molecular complexity index is 629. The molecule has 2 aromatic rings. The number of rotatable bonds is 8. The van der Waals surface area contributed by atoms with Crippen LogP contribution in [0.4, 0.5) is 0 Å². The second-order valence-corrected chi connectivity index (χ2v) is 5.98. The van der Waals surface area contributed by atoms with Crippen molar-refractivity contribution >= 4 is 5.97 Å². The molecule has 0 N–H and O–H groups in total. The minimum Gasteiger partial charge on any atom is -0.497 e. The molecule has 0 spiro atoms. The molecule has 0 fully saturated rings. The summed E-state index contributed by atoms with van der Waals surface area (Å²) < 4.78 is 10.2. The van der Waals surface area contributed by atoms with Gasteiger partial charge in [-0.25, -0.2) is 4.79 Å². The van der Waals surface area contributed by atoms with E-state index in [4.69, 9.17) is 9.47 Å². The van der Waals surface area contributed by atoms with E-state index in [9.17, 15) is 4.79 Å². The van der Waals surface area contributed by atoms with Crippen molar-refractivity contribution in [2.75, 3.05) is 13.7 Å². The van der Waals surface area contributed by atoms with Gasteiger partial charge in [-0.05, 0) is 67.5 Å². The smallest absolute Gasteiger partial charge is 0.338 e. The summed E-state index contributed by atoms with van der Waals surface area (Å²) >= 11 is 0. The maximum atomic E-state index is 11.7. The minimum absolute atomic E-state index is 0.254. The summed E-state index contributed by atoms with van der Waals surface area (Å²) in [5, 5.41) is 0. The lowest BCUT2D eigenvalue weighted by atomic mass is 9.93. The predicted octanol–water partition coefficient (Wildman–Crippen LogP) is 5.00. The van der Waals surface area contributed by atoms with Crippen molar-refractivity contribution in [2.24, 2.45) is 0 Å². The van der Waals surface area contributed by atoms with Gasteiger partial charge in [-0.15, -0.1) is 0 Å². The van der Waals surface area contributed by atoms with E-state index in [2.05, 4.69) is 19.1 Å². The molecule has 0 amide bonds. The summed E-state index contributed by atoms with van der Waals surface area (Å²) in [5.74, 6) is 1.12. The van der Waals surface area contributed by atoms with Crippen molar-refractivity contribution < 1.29 is 14.3 Å². The van der Waals surface area contributed by atoms with Crippen LogP contribution >= 0.6 is 0 Å². The molecule has 0 aliphatic heterocycles. The van der Waals surface area contributed by atoms with E-state index < -0.39 is 0 Å². The fourth-order valence-electron chi connectivity index (χ4n) is 2.73. The van der Waals surface area contributed by atoms with E-state index >= 15 is 0 Å². The minimum atomic E-state index is -0.254. The summed E-state index contributed by atoms with van der Waals surface area (Å²) in [6.45, 7) is 4.45. The van der Waals surface area contributed by atoms with E-state index in [1.54, 1.807) is 7.11 Å². The molecule has 0 heterocycles. The van der Waals surface area contributed by atoms with Gasteiger partial charge in [0.15, 0.2) is 0 Å². The lowest BCUT2D eigenvalue weighted by Crippen LogP contribution is -2.05. The normalized spacial score (nSPS) is 11.8. The van der Waals surface area contributed by atoms with Crippen LogP contribution in [0.3, 0.4) is 0 Å². The lowest BCUT2D eigenvalue weighted by molar-refractivity contribution is 0.0526. The molecule has 0 bridgehead atoms. The van der Waals surface area contributed by atoms with Crippen LogP contribution in [-0.4, -0.2) is 19.7 Å². The predicted molar refractivity (Wildman–Crippen MR) is 96.7 cm³/mol. The van der Waals surface area contributed by atoms with E-state index in [1.165, 1.54) is 11.1 Å². The van der Waals surface area contributed by atoms with Crippen LogP contribution in [-0.2, 0) is 11.2 Å². The first-order valence-corrected chi connectivity index (χ1v) is 8.54. The van der Waals surface area contributed by atoms with Gasteiger partial charge in [0.25, 0.3) is 0 Å². The topological polar surface area (TPSA) is 35.5 Å². The van der Waals surface area contributed by atoms with Gasteiger partial charge in [0, 0.05) is 0 Å². The molecule has 0 saturated carbocycles. The molecule has 2 aromatic carbocycles. The van der Waals surface area contributed by atoms with Gasteiger partial charge in [0.1, 0.15) is 5.75 Å². The molecule has 3 heteroatoms. The van der Waals surface area contributed by atoms with E-state index in [0.29, 0.717) is 18.1 Å². The van der Waals surface area contributed by atoms with Gasteiger partial charge in [-0.3, -0.25) is 0 Å². The third-order valence-corrected chi connectivity index (χ3v) is 4.25. The van der Waals surface area contributed by atoms with E-state index in [0.717, 1.165) is 25.0 Å². The number of ether oxygens (including phenoxy) is 2. The molecule has 0 aromatic heterocycles. The van der Waals surface area contributed by atoms with Gasteiger partial charge in [0.2, 0.25) is 0 Å². The number of esters is 1. The van der Waals surface area contributed by atoms with Crippen molar-refractivity contribution in [3.05, 3.63) is 65.2 Å². The van der Waals surface area contributed by atoms with Crippen LogP contribution in [0, 0.1) is 0 Å². The summed E-state index contributed by atoms with van der Waals surface area (Å²) in [7, 11) is 1.68. The lowest BCUT2D eigenvalue weighted by Gasteiger charge is -2.12. The molecule has 0 saturated heterocycles. The van der Waals surface area contributed by atoms with Crippen LogP contribution in [0.5, 0.6) is 5.75 Å². The number of carbonyl (C=O) groups excluding carboxylic acids is 1. The van der Waals surface area contributed by atoms with E-state index in [-0.39, 0.29) is 5.97 Å². The van der Waals surface area contributed by atoms with Gasteiger partial charge in [-0.2, -0.15) is 0 Å². The Labute approximate surface area is 144 Å². The highest BCUT2D eigenvalue weighted by Crippen LogP contribution is 2.23. The van der Waals surface area contributed by atoms with Crippen molar-refractivity contribution in [1.29, 1.82) is 0 Å². The van der Waals surface area contributed by atoms with Crippen LogP contribution in [0.2, 0.25) is 0 Å². The molecule has 3 nitrogen and oxygen atoms in total. The maximum Gasteiger partial charge on any atom is 0.338 e. The molecule has 24 heavy (non-hydrogen) atoms. The molecule has 0 aliphatic rings. The Kier molecular flexibility index (Phi) is 6.86. The third-order valence-electron chi connectivity index (χ3n) is 4.25. The molecular weight excluding hydrogens is 300 g/mol. The summed E-state index contributed by atoms with van der Waals surface area (Å²) in [6.07, 6.45) is 3.31. The van der Waals surface area contributed by atoms with Gasteiger partial charge in [-0.1, -0.05) is 31.2 Å². The van der Waals surface area contributed by atoms with Crippen molar-refractivity contribution in [3.8, 4) is 5.75 Å². The molecular formula is C21H26O3. The Morgan fingerprint density at radius 2 is 1.71 bits per heavy atom. The second kappa shape index (κ2) is 9.11. The van der Waals surface area contributed by atoms with Gasteiger partial charge < -0.3 is 9.47 Å². The van der Waals surface area contributed by atoms with Crippen LogP contribution in [0.1, 0.15) is 54.1 Å². The van der Waals surface area contributed by atoms with Crippen LogP contribution in [0.15, 0.2) is 48.5 Å². The first-order chi connectivity index (χ1) is 11.6. The number of hydrogen-bond acceptors (Lipinski definition) is 3. The first-order valence-electron chi connectivity index (χ1n) is 8.54.